The van der Waals surface area contributed by atoms with E-state index in [0.29, 0.717) is 16.2 Å². The Balaban J connectivity index is 2.34. The number of esters is 1. The lowest BCUT2D eigenvalue weighted by molar-refractivity contribution is -0.137. The van der Waals surface area contributed by atoms with Crippen LogP contribution in [0.25, 0.3) is 0 Å². The van der Waals surface area contributed by atoms with Gasteiger partial charge in [-0.3, -0.25) is 9.59 Å². The van der Waals surface area contributed by atoms with Crippen LogP contribution in [0.5, 0.6) is 5.75 Å². The molecule has 0 aromatic heterocycles. The van der Waals surface area contributed by atoms with Crippen LogP contribution in [-0.2, 0) is 14.3 Å². The Morgan fingerprint density at radius 3 is 3.00 bits per heavy atom. The van der Waals surface area contributed by atoms with E-state index in [9.17, 15) is 20.0 Å². The summed E-state index contributed by atoms with van der Waals surface area (Å²) >= 11 is 1.06. The first-order valence-corrected chi connectivity index (χ1v) is 7.46. The van der Waals surface area contributed by atoms with Crippen molar-refractivity contribution in [2.24, 2.45) is 0 Å². The van der Waals surface area contributed by atoms with Gasteiger partial charge in [-0.15, -0.1) is 0 Å². The fourth-order valence-corrected chi connectivity index (χ4v) is 3.06. The SMILES string of the molecule is COC(=O)CSC1=C(C#N)[C@@H](c2cccc(O)c2)CC(=O)N1. The minimum Gasteiger partial charge on any atom is -0.508 e. The van der Waals surface area contributed by atoms with Gasteiger partial charge >= 0.3 is 5.97 Å². The molecule has 0 saturated carbocycles. The van der Waals surface area contributed by atoms with Gasteiger partial charge in [0.2, 0.25) is 5.91 Å². The molecule has 0 unspecified atom stereocenters. The second-order valence-electron chi connectivity index (χ2n) is 4.62. The van der Waals surface area contributed by atoms with Crippen LogP contribution in [-0.4, -0.2) is 29.8 Å². The highest BCUT2D eigenvalue weighted by Gasteiger charge is 2.30. The van der Waals surface area contributed by atoms with Gasteiger partial charge in [-0.25, -0.2) is 0 Å². The maximum atomic E-state index is 11.9. The Labute approximate surface area is 131 Å². The Kier molecular flexibility index (Phi) is 5.07. The fraction of sp³-hybridized carbons (Fsp3) is 0.267. The number of benzene rings is 1. The van der Waals surface area contributed by atoms with Crippen molar-refractivity contribution in [3.05, 3.63) is 40.4 Å². The quantitative estimate of drug-likeness (QED) is 0.819. The molecule has 7 heteroatoms. The van der Waals surface area contributed by atoms with Gasteiger partial charge in [0.05, 0.1) is 29.5 Å². The number of hydrogen-bond donors (Lipinski definition) is 2. The summed E-state index contributed by atoms with van der Waals surface area (Å²) in [7, 11) is 1.28. The number of carbonyl (C=O) groups is 2. The number of thioether (sulfide) groups is 1. The van der Waals surface area contributed by atoms with Gasteiger partial charge in [-0.2, -0.15) is 5.26 Å². The summed E-state index contributed by atoms with van der Waals surface area (Å²) in [5, 5.41) is 22.0. The average Bonchev–Trinajstić information content (AvgIpc) is 2.51. The van der Waals surface area contributed by atoms with Crippen molar-refractivity contribution in [3.8, 4) is 11.8 Å². The van der Waals surface area contributed by atoms with Gasteiger partial charge in [0.1, 0.15) is 5.75 Å². The van der Waals surface area contributed by atoms with E-state index in [1.54, 1.807) is 12.1 Å². The third kappa shape index (κ3) is 3.59. The monoisotopic (exact) mass is 318 g/mol. The number of amides is 1. The number of ether oxygens (including phenoxy) is 1. The summed E-state index contributed by atoms with van der Waals surface area (Å²) in [6.45, 7) is 0. The molecule has 1 atom stereocenters. The second-order valence-corrected chi connectivity index (χ2v) is 5.60. The first-order chi connectivity index (χ1) is 10.5. The molecule has 1 aromatic carbocycles. The molecular formula is C15H14N2O4S. The van der Waals surface area contributed by atoms with Gasteiger partial charge in [0.25, 0.3) is 0 Å². The van der Waals surface area contributed by atoms with Crippen molar-refractivity contribution in [2.45, 2.75) is 12.3 Å². The zero-order valence-corrected chi connectivity index (χ0v) is 12.6. The number of carbonyl (C=O) groups excluding carboxylic acids is 2. The molecule has 0 saturated heterocycles. The van der Waals surface area contributed by atoms with Gasteiger partial charge < -0.3 is 15.2 Å². The van der Waals surface area contributed by atoms with Crippen molar-refractivity contribution < 1.29 is 19.4 Å². The first-order valence-electron chi connectivity index (χ1n) is 6.47. The number of nitriles is 1. The third-order valence-corrected chi connectivity index (χ3v) is 4.18. The van der Waals surface area contributed by atoms with E-state index in [4.69, 9.17) is 0 Å². The molecule has 114 valence electrons. The van der Waals surface area contributed by atoms with Gasteiger partial charge in [0, 0.05) is 12.3 Å². The minimum absolute atomic E-state index is 0.00402. The Morgan fingerprint density at radius 1 is 1.59 bits per heavy atom. The molecule has 2 rings (SSSR count). The maximum absolute atomic E-state index is 11.9. The zero-order chi connectivity index (χ0) is 16.1. The minimum atomic E-state index is -0.441. The van der Waals surface area contributed by atoms with Crippen molar-refractivity contribution in [2.75, 3.05) is 12.9 Å². The predicted molar refractivity (Wildman–Crippen MR) is 80.7 cm³/mol. The van der Waals surface area contributed by atoms with Crippen LogP contribution in [0.15, 0.2) is 34.9 Å². The summed E-state index contributed by atoms with van der Waals surface area (Å²) in [6.07, 6.45) is 0.120. The first kappa shape index (κ1) is 15.9. The molecular weight excluding hydrogens is 304 g/mol. The van der Waals surface area contributed by atoms with Crippen LogP contribution < -0.4 is 5.32 Å². The van der Waals surface area contributed by atoms with Crippen molar-refractivity contribution >= 4 is 23.6 Å². The summed E-state index contributed by atoms with van der Waals surface area (Å²) < 4.78 is 4.55. The van der Waals surface area contributed by atoms with E-state index >= 15 is 0 Å². The number of rotatable bonds is 4. The number of phenolic OH excluding ortho intramolecular Hbond substituents is 1. The van der Waals surface area contributed by atoms with Crippen LogP contribution in [0.1, 0.15) is 17.9 Å². The van der Waals surface area contributed by atoms with Crippen LogP contribution in [0.3, 0.4) is 0 Å². The van der Waals surface area contributed by atoms with Gasteiger partial charge in [-0.1, -0.05) is 23.9 Å². The lowest BCUT2D eigenvalue weighted by Gasteiger charge is -2.25. The number of allylic oxidation sites excluding steroid dienone is 1. The van der Waals surface area contributed by atoms with E-state index in [1.807, 2.05) is 0 Å². The molecule has 1 aromatic rings. The molecule has 1 aliphatic heterocycles. The van der Waals surface area contributed by atoms with E-state index in [-0.39, 0.29) is 23.8 Å². The zero-order valence-electron chi connectivity index (χ0n) is 11.8. The van der Waals surface area contributed by atoms with E-state index in [2.05, 4.69) is 16.1 Å². The second kappa shape index (κ2) is 7.00. The van der Waals surface area contributed by atoms with E-state index in [1.165, 1.54) is 19.2 Å². The summed E-state index contributed by atoms with van der Waals surface area (Å²) in [6, 6.07) is 8.56. The molecule has 0 bridgehead atoms. The molecule has 22 heavy (non-hydrogen) atoms. The number of methoxy groups -OCH3 is 1. The molecule has 0 aliphatic carbocycles. The topological polar surface area (TPSA) is 99.4 Å². The summed E-state index contributed by atoms with van der Waals surface area (Å²) in [4.78, 5) is 23.1. The Hall–Kier alpha value is -2.46. The molecule has 0 fully saturated rings. The molecule has 1 heterocycles. The standard InChI is InChI=1S/C15H14N2O4S/c1-21-14(20)8-22-15-12(7-16)11(6-13(19)17-15)9-3-2-4-10(18)5-9/h2-5,11,18H,6,8H2,1H3,(H,17,19)/t11-/m1/s1. The molecule has 1 amide bonds. The van der Waals surface area contributed by atoms with E-state index < -0.39 is 11.9 Å². The number of aromatic hydroxyl groups is 1. The molecule has 2 N–H and O–H groups in total. The Bertz CT molecular complexity index is 678. The average molecular weight is 318 g/mol. The van der Waals surface area contributed by atoms with Crippen LogP contribution in [0.4, 0.5) is 0 Å². The highest BCUT2D eigenvalue weighted by molar-refractivity contribution is 8.03. The third-order valence-electron chi connectivity index (χ3n) is 3.19. The smallest absolute Gasteiger partial charge is 0.316 e. The number of nitrogens with zero attached hydrogens (tertiary/aromatic N) is 1. The molecule has 1 aliphatic rings. The highest BCUT2D eigenvalue weighted by atomic mass is 32.2. The van der Waals surface area contributed by atoms with Gasteiger partial charge in [0.15, 0.2) is 0 Å². The van der Waals surface area contributed by atoms with Crippen LogP contribution >= 0.6 is 11.8 Å². The largest absolute Gasteiger partial charge is 0.508 e. The van der Waals surface area contributed by atoms with E-state index in [0.717, 1.165) is 11.8 Å². The van der Waals surface area contributed by atoms with Gasteiger partial charge in [-0.05, 0) is 17.7 Å². The number of phenols is 1. The highest BCUT2D eigenvalue weighted by Crippen LogP contribution is 2.36. The van der Waals surface area contributed by atoms with Crippen molar-refractivity contribution in [1.29, 1.82) is 5.26 Å². The lowest BCUT2D eigenvalue weighted by Crippen LogP contribution is -2.31. The summed E-state index contributed by atoms with van der Waals surface area (Å²) in [5.41, 5.74) is 1.06. The normalized spacial score (nSPS) is 17.6. The van der Waals surface area contributed by atoms with Crippen LogP contribution in [0.2, 0.25) is 0 Å². The molecule has 6 nitrogen and oxygen atoms in total. The summed E-state index contributed by atoms with van der Waals surface area (Å²) in [5.74, 6) is -1.04. The number of nitrogens with one attached hydrogen (secondary N) is 1. The number of hydrogen-bond acceptors (Lipinski definition) is 6. The lowest BCUT2D eigenvalue weighted by atomic mass is 9.87. The maximum Gasteiger partial charge on any atom is 0.316 e. The molecule has 0 spiro atoms. The Morgan fingerprint density at radius 2 is 2.36 bits per heavy atom. The van der Waals surface area contributed by atoms with Crippen molar-refractivity contribution in [1.82, 2.24) is 5.32 Å². The predicted octanol–water partition coefficient (Wildman–Crippen LogP) is 1.64. The molecule has 0 radical (unpaired) electrons. The van der Waals surface area contributed by atoms with Crippen molar-refractivity contribution in [3.63, 3.8) is 0 Å². The fourth-order valence-electron chi connectivity index (χ4n) is 2.15. The van der Waals surface area contributed by atoms with Crippen LogP contribution in [0, 0.1) is 11.3 Å².